The zero-order valence-corrected chi connectivity index (χ0v) is 10.5. The zero-order chi connectivity index (χ0) is 10.7. The van der Waals surface area contributed by atoms with Crippen LogP contribution in [0.1, 0.15) is 58.8 Å². The van der Waals surface area contributed by atoms with Crippen LogP contribution < -0.4 is 5.32 Å². The van der Waals surface area contributed by atoms with E-state index in [9.17, 15) is 0 Å². The van der Waals surface area contributed by atoms with Gasteiger partial charge in [-0.05, 0) is 56.4 Å². The van der Waals surface area contributed by atoms with Gasteiger partial charge in [-0.15, -0.1) is 0 Å². The summed E-state index contributed by atoms with van der Waals surface area (Å²) in [5, 5.41) is 3.82. The number of hydrogen-bond donors (Lipinski definition) is 1. The summed E-state index contributed by atoms with van der Waals surface area (Å²) in [7, 11) is 0. The van der Waals surface area contributed by atoms with Crippen molar-refractivity contribution in [3.63, 3.8) is 0 Å². The average molecular weight is 209 g/mol. The molecule has 0 aromatic heterocycles. The molecular weight excluding hydrogens is 182 g/mol. The predicted octanol–water partition coefficient (Wildman–Crippen LogP) is 3.59. The van der Waals surface area contributed by atoms with E-state index in [0.717, 1.165) is 23.8 Å². The molecule has 0 radical (unpaired) electrons. The molecule has 88 valence electrons. The van der Waals surface area contributed by atoms with Crippen molar-refractivity contribution in [1.82, 2.24) is 5.32 Å². The Bertz CT molecular complexity index is 178. The lowest BCUT2D eigenvalue weighted by atomic mass is 9.78. The maximum atomic E-state index is 3.82. The third-order valence-corrected chi connectivity index (χ3v) is 4.33. The van der Waals surface area contributed by atoms with Gasteiger partial charge in [-0.3, -0.25) is 0 Å². The molecule has 0 aromatic carbocycles. The first-order chi connectivity index (χ1) is 7.31. The molecule has 1 N–H and O–H groups in total. The second kappa shape index (κ2) is 5.34. The van der Waals surface area contributed by atoms with Gasteiger partial charge in [0.25, 0.3) is 0 Å². The van der Waals surface area contributed by atoms with Gasteiger partial charge in [0, 0.05) is 6.04 Å². The molecule has 1 unspecified atom stereocenters. The normalized spacial score (nSPS) is 34.0. The summed E-state index contributed by atoms with van der Waals surface area (Å²) in [6.07, 6.45) is 10.2. The molecule has 1 atom stereocenters. The Kier molecular flexibility index (Phi) is 4.07. The molecule has 0 amide bonds. The third kappa shape index (κ3) is 3.21. The molecule has 0 bridgehead atoms. The smallest absolute Gasteiger partial charge is 0.0124 e. The molecule has 2 rings (SSSR count). The van der Waals surface area contributed by atoms with E-state index >= 15 is 0 Å². The summed E-state index contributed by atoms with van der Waals surface area (Å²) in [4.78, 5) is 0. The van der Waals surface area contributed by atoms with Crippen LogP contribution >= 0.6 is 0 Å². The molecule has 1 nitrogen and oxygen atoms in total. The lowest BCUT2D eigenvalue weighted by molar-refractivity contribution is 0.214. The van der Waals surface area contributed by atoms with Crippen LogP contribution in [0.5, 0.6) is 0 Å². The van der Waals surface area contributed by atoms with E-state index in [4.69, 9.17) is 0 Å². The predicted molar refractivity (Wildman–Crippen MR) is 65.9 cm³/mol. The lowest BCUT2D eigenvalue weighted by Gasteiger charge is -2.33. The summed E-state index contributed by atoms with van der Waals surface area (Å²) in [5.41, 5.74) is 0. The van der Waals surface area contributed by atoms with Crippen molar-refractivity contribution in [2.24, 2.45) is 17.8 Å². The van der Waals surface area contributed by atoms with Gasteiger partial charge in [0.2, 0.25) is 0 Å². The highest BCUT2D eigenvalue weighted by Crippen LogP contribution is 2.41. The molecule has 0 aliphatic heterocycles. The Hall–Kier alpha value is -0.0400. The highest BCUT2D eigenvalue weighted by atomic mass is 14.9. The van der Waals surface area contributed by atoms with Crippen molar-refractivity contribution in [2.45, 2.75) is 64.8 Å². The van der Waals surface area contributed by atoms with Crippen LogP contribution in [0.4, 0.5) is 0 Å². The molecular formula is C14H27N. The van der Waals surface area contributed by atoms with E-state index in [2.05, 4.69) is 19.2 Å². The first-order valence-corrected chi connectivity index (χ1v) is 7.04. The number of hydrogen-bond acceptors (Lipinski definition) is 1. The van der Waals surface area contributed by atoms with E-state index in [1.165, 1.54) is 51.5 Å². The minimum Gasteiger partial charge on any atom is -0.313 e. The Morgan fingerprint density at radius 3 is 2.00 bits per heavy atom. The van der Waals surface area contributed by atoms with Gasteiger partial charge in [-0.2, -0.15) is 0 Å². The van der Waals surface area contributed by atoms with E-state index in [-0.39, 0.29) is 0 Å². The quantitative estimate of drug-likeness (QED) is 0.729. The van der Waals surface area contributed by atoms with Crippen LogP contribution in [0, 0.1) is 17.8 Å². The van der Waals surface area contributed by atoms with Crippen LogP contribution in [0.3, 0.4) is 0 Å². The minimum absolute atomic E-state index is 0.873. The SMILES string of the molecule is CCCNC(C1CCC(C)CC1)C1CC1. The van der Waals surface area contributed by atoms with Crippen LogP contribution in [-0.2, 0) is 0 Å². The van der Waals surface area contributed by atoms with Gasteiger partial charge in [-0.1, -0.05) is 26.7 Å². The third-order valence-electron chi connectivity index (χ3n) is 4.33. The minimum atomic E-state index is 0.873. The molecule has 1 heteroatoms. The van der Waals surface area contributed by atoms with Crippen molar-refractivity contribution in [3.05, 3.63) is 0 Å². The fraction of sp³-hybridized carbons (Fsp3) is 1.00. The second-order valence-corrected chi connectivity index (χ2v) is 5.84. The Morgan fingerprint density at radius 1 is 1.00 bits per heavy atom. The summed E-state index contributed by atoms with van der Waals surface area (Å²) >= 11 is 0. The van der Waals surface area contributed by atoms with E-state index in [1.807, 2.05) is 0 Å². The highest BCUT2D eigenvalue weighted by Gasteiger charge is 2.36. The van der Waals surface area contributed by atoms with Crippen molar-refractivity contribution in [3.8, 4) is 0 Å². The Balaban J connectivity index is 1.81. The molecule has 0 aromatic rings. The highest BCUT2D eigenvalue weighted by molar-refractivity contribution is 4.92. The Morgan fingerprint density at radius 2 is 1.53 bits per heavy atom. The van der Waals surface area contributed by atoms with Crippen molar-refractivity contribution >= 4 is 0 Å². The van der Waals surface area contributed by atoms with Crippen LogP contribution in [-0.4, -0.2) is 12.6 Å². The molecule has 0 heterocycles. The zero-order valence-electron chi connectivity index (χ0n) is 10.5. The maximum Gasteiger partial charge on any atom is 0.0124 e. The molecule has 2 fully saturated rings. The van der Waals surface area contributed by atoms with Gasteiger partial charge in [0.1, 0.15) is 0 Å². The van der Waals surface area contributed by atoms with E-state index in [0.29, 0.717) is 0 Å². The second-order valence-electron chi connectivity index (χ2n) is 5.84. The monoisotopic (exact) mass is 209 g/mol. The first kappa shape index (κ1) is 11.4. The van der Waals surface area contributed by atoms with E-state index in [1.54, 1.807) is 0 Å². The average Bonchev–Trinajstić information content (AvgIpc) is 3.05. The molecule has 2 aliphatic rings. The van der Waals surface area contributed by atoms with Gasteiger partial charge >= 0.3 is 0 Å². The lowest BCUT2D eigenvalue weighted by Crippen LogP contribution is -2.40. The molecule has 2 saturated carbocycles. The molecule has 0 saturated heterocycles. The Labute approximate surface area is 95.0 Å². The topological polar surface area (TPSA) is 12.0 Å². The molecule has 15 heavy (non-hydrogen) atoms. The van der Waals surface area contributed by atoms with Crippen molar-refractivity contribution in [2.75, 3.05) is 6.54 Å². The van der Waals surface area contributed by atoms with Crippen LogP contribution in [0.2, 0.25) is 0 Å². The molecule has 0 spiro atoms. The standard InChI is InChI=1S/C14H27N/c1-3-10-15-14(13-8-9-13)12-6-4-11(2)5-7-12/h11-15H,3-10H2,1-2H3. The van der Waals surface area contributed by atoms with Crippen LogP contribution in [0.25, 0.3) is 0 Å². The largest absolute Gasteiger partial charge is 0.313 e. The number of rotatable bonds is 5. The van der Waals surface area contributed by atoms with E-state index < -0.39 is 0 Å². The fourth-order valence-electron chi connectivity index (χ4n) is 3.13. The van der Waals surface area contributed by atoms with Crippen LogP contribution in [0.15, 0.2) is 0 Å². The summed E-state index contributed by atoms with van der Waals surface area (Å²) in [5.74, 6) is 3.03. The summed E-state index contributed by atoms with van der Waals surface area (Å²) in [6.45, 7) is 5.93. The molecule has 2 aliphatic carbocycles. The number of nitrogens with one attached hydrogen (secondary N) is 1. The van der Waals surface area contributed by atoms with Gasteiger partial charge in [0.15, 0.2) is 0 Å². The summed E-state index contributed by atoms with van der Waals surface area (Å²) < 4.78 is 0. The van der Waals surface area contributed by atoms with Gasteiger partial charge < -0.3 is 5.32 Å². The maximum absolute atomic E-state index is 3.82. The van der Waals surface area contributed by atoms with Gasteiger partial charge in [0.05, 0.1) is 0 Å². The first-order valence-electron chi connectivity index (χ1n) is 7.04. The summed E-state index contributed by atoms with van der Waals surface area (Å²) in [6, 6.07) is 0.873. The van der Waals surface area contributed by atoms with Crippen molar-refractivity contribution in [1.29, 1.82) is 0 Å². The van der Waals surface area contributed by atoms with Gasteiger partial charge in [-0.25, -0.2) is 0 Å². The van der Waals surface area contributed by atoms with Crippen molar-refractivity contribution < 1.29 is 0 Å². The fourth-order valence-corrected chi connectivity index (χ4v) is 3.13.